The van der Waals surface area contributed by atoms with Crippen LogP contribution in [0, 0.1) is 0 Å². The van der Waals surface area contributed by atoms with E-state index in [2.05, 4.69) is 22.4 Å². The average molecular weight is 434 g/mol. The average Bonchev–Trinajstić information content (AvgIpc) is 3.23. The molecule has 4 heterocycles. The number of carbonyl (C=O) groups is 2. The van der Waals surface area contributed by atoms with Gasteiger partial charge in [-0.25, -0.2) is 4.98 Å². The fourth-order valence-corrected chi connectivity index (χ4v) is 4.79. The zero-order chi connectivity index (χ0) is 22.5. The van der Waals surface area contributed by atoms with Crippen LogP contribution in [0.2, 0.25) is 0 Å². The predicted octanol–water partition coefficient (Wildman–Crippen LogP) is 1.33. The van der Waals surface area contributed by atoms with Gasteiger partial charge in [-0.1, -0.05) is 24.3 Å². The van der Waals surface area contributed by atoms with E-state index in [1.807, 2.05) is 12.1 Å². The Kier molecular flexibility index (Phi) is 4.98. The van der Waals surface area contributed by atoms with Gasteiger partial charge < -0.3 is 24.6 Å². The van der Waals surface area contributed by atoms with E-state index >= 15 is 0 Å². The van der Waals surface area contributed by atoms with Gasteiger partial charge in [-0.2, -0.15) is 0 Å². The molecular formula is C24H27N5O3. The van der Waals surface area contributed by atoms with Crippen molar-refractivity contribution in [2.24, 2.45) is 0 Å². The van der Waals surface area contributed by atoms with Gasteiger partial charge in [0.1, 0.15) is 11.3 Å². The number of aliphatic hydroxyl groups is 1. The minimum Gasteiger partial charge on any atom is -0.389 e. The SMILES string of the molecule is CN(C)C(=O)c1ccc2nc(C(=O)N3CC[C@]4(Cc5ccccc5CN4)[C@H](O)C3)cn2c1. The molecule has 2 aromatic heterocycles. The number of β-amino-alcohol motifs (C(OH)–C–C–N with tert-alkyl or cyclic N) is 1. The first kappa shape index (κ1) is 20.7. The van der Waals surface area contributed by atoms with Crippen molar-refractivity contribution in [2.75, 3.05) is 27.2 Å². The molecule has 1 spiro atoms. The fourth-order valence-electron chi connectivity index (χ4n) is 4.79. The molecule has 0 saturated carbocycles. The minimum absolute atomic E-state index is 0.112. The molecule has 2 amide bonds. The molecule has 3 aromatic rings. The van der Waals surface area contributed by atoms with Crippen LogP contribution in [0.25, 0.3) is 5.65 Å². The summed E-state index contributed by atoms with van der Waals surface area (Å²) in [5.74, 6) is -0.321. The predicted molar refractivity (Wildman–Crippen MR) is 119 cm³/mol. The van der Waals surface area contributed by atoms with Gasteiger partial charge in [-0.05, 0) is 36.1 Å². The molecule has 166 valence electrons. The van der Waals surface area contributed by atoms with Crippen molar-refractivity contribution in [1.82, 2.24) is 24.5 Å². The lowest BCUT2D eigenvalue weighted by Crippen LogP contribution is -2.65. The molecule has 8 nitrogen and oxygen atoms in total. The summed E-state index contributed by atoms with van der Waals surface area (Å²) in [4.78, 5) is 33.0. The van der Waals surface area contributed by atoms with Gasteiger partial charge in [0.25, 0.3) is 11.8 Å². The van der Waals surface area contributed by atoms with Crippen molar-refractivity contribution >= 4 is 17.5 Å². The van der Waals surface area contributed by atoms with Crippen molar-refractivity contribution in [1.29, 1.82) is 0 Å². The summed E-state index contributed by atoms with van der Waals surface area (Å²) in [5, 5.41) is 14.6. The van der Waals surface area contributed by atoms with E-state index in [9.17, 15) is 14.7 Å². The third-order valence-corrected chi connectivity index (χ3v) is 6.72. The van der Waals surface area contributed by atoms with Crippen LogP contribution >= 0.6 is 0 Å². The Labute approximate surface area is 186 Å². The Hall–Kier alpha value is -3.23. The zero-order valence-corrected chi connectivity index (χ0v) is 18.3. The number of hydrogen-bond donors (Lipinski definition) is 2. The molecule has 1 saturated heterocycles. The molecule has 2 aliphatic rings. The Morgan fingerprint density at radius 3 is 2.69 bits per heavy atom. The third-order valence-electron chi connectivity index (χ3n) is 6.72. The number of aromatic nitrogens is 2. The van der Waals surface area contributed by atoms with Crippen LogP contribution < -0.4 is 5.32 Å². The largest absolute Gasteiger partial charge is 0.389 e. The van der Waals surface area contributed by atoms with Gasteiger partial charge >= 0.3 is 0 Å². The van der Waals surface area contributed by atoms with Crippen molar-refractivity contribution in [3.05, 3.63) is 71.2 Å². The van der Waals surface area contributed by atoms with E-state index in [-0.39, 0.29) is 18.4 Å². The number of benzene rings is 1. The molecule has 8 heteroatoms. The van der Waals surface area contributed by atoms with Crippen LogP contribution in [0.5, 0.6) is 0 Å². The van der Waals surface area contributed by atoms with E-state index in [0.29, 0.717) is 29.9 Å². The van der Waals surface area contributed by atoms with E-state index < -0.39 is 11.6 Å². The standard InChI is InChI=1S/C24H27N5O3/c1-27(2)22(31)18-7-8-21-26-19(14-29(21)13-18)23(32)28-10-9-24(20(30)15-28)11-16-5-3-4-6-17(16)12-25-24/h3-8,13-14,20,25,30H,9-12,15H2,1-2H3/t20-,24+/m1/s1. The van der Waals surface area contributed by atoms with Crippen molar-refractivity contribution in [3.63, 3.8) is 0 Å². The monoisotopic (exact) mass is 433 g/mol. The lowest BCUT2D eigenvalue weighted by molar-refractivity contribution is -0.0140. The highest BCUT2D eigenvalue weighted by molar-refractivity contribution is 5.95. The van der Waals surface area contributed by atoms with Crippen molar-refractivity contribution in [2.45, 2.75) is 31.0 Å². The number of fused-ring (bicyclic) bond motifs is 2. The van der Waals surface area contributed by atoms with Crippen molar-refractivity contribution in [3.8, 4) is 0 Å². The number of nitrogens with one attached hydrogen (secondary N) is 1. The molecule has 2 N–H and O–H groups in total. The number of carbonyl (C=O) groups excluding carboxylic acids is 2. The molecule has 0 bridgehead atoms. The summed E-state index contributed by atoms with van der Waals surface area (Å²) in [6.45, 7) is 1.52. The van der Waals surface area contributed by atoms with Crippen LogP contribution in [-0.2, 0) is 13.0 Å². The molecule has 0 aliphatic carbocycles. The first-order valence-corrected chi connectivity index (χ1v) is 10.9. The highest BCUT2D eigenvalue weighted by Gasteiger charge is 2.45. The van der Waals surface area contributed by atoms with Gasteiger partial charge in [0.05, 0.1) is 17.2 Å². The second-order valence-electron chi connectivity index (χ2n) is 8.98. The van der Waals surface area contributed by atoms with Gasteiger partial charge in [-0.3, -0.25) is 9.59 Å². The summed E-state index contributed by atoms with van der Waals surface area (Å²) >= 11 is 0. The lowest BCUT2D eigenvalue weighted by atomic mass is 9.76. The summed E-state index contributed by atoms with van der Waals surface area (Å²) in [6.07, 6.45) is 4.09. The molecule has 1 fully saturated rings. The van der Waals surface area contributed by atoms with Gasteiger partial charge in [0, 0.05) is 46.1 Å². The van der Waals surface area contributed by atoms with E-state index in [1.54, 1.807) is 47.9 Å². The van der Waals surface area contributed by atoms with Gasteiger partial charge in [0.15, 0.2) is 0 Å². The second-order valence-corrected chi connectivity index (χ2v) is 8.98. The van der Waals surface area contributed by atoms with Crippen LogP contribution in [-0.4, -0.2) is 74.9 Å². The molecular weight excluding hydrogens is 406 g/mol. The molecule has 1 aromatic carbocycles. The summed E-state index contributed by atoms with van der Waals surface area (Å²) in [5.41, 5.74) is 3.55. The first-order valence-electron chi connectivity index (χ1n) is 10.9. The normalized spacial score (nSPS) is 22.7. The van der Waals surface area contributed by atoms with Crippen LogP contribution in [0.4, 0.5) is 0 Å². The van der Waals surface area contributed by atoms with Crippen LogP contribution in [0.15, 0.2) is 48.8 Å². The molecule has 0 radical (unpaired) electrons. The Balaban J connectivity index is 1.33. The fraction of sp³-hybridized carbons (Fsp3) is 0.375. The minimum atomic E-state index is -0.671. The van der Waals surface area contributed by atoms with Gasteiger partial charge in [0.2, 0.25) is 0 Å². The smallest absolute Gasteiger partial charge is 0.274 e. The van der Waals surface area contributed by atoms with E-state index in [1.165, 1.54) is 16.0 Å². The lowest BCUT2D eigenvalue weighted by Gasteiger charge is -2.48. The number of aliphatic hydroxyl groups excluding tert-OH is 1. The van der Waals surface area contributed by atoms with E-state index in [4.69, 9.17) is 0 Å². The number of pyridine rings is 1. The number of nitrogens with zero attached hydrogens (tertiary/aromatic N) is 4. The van der Waals surface area contributed by atoms with Crippen molar-refractivity contribution < 1.29 is 14.7 Å². The van der Waals surface area contributed by atoms with Crippen LogP contribution in [0.3, 0.4) is 0 Å². The second kappa shape index (κ2) is 7.72. The Bertz CT molecular complexity index is 1200. The Morgan fingerprint density at radius 1 is 1.16 bits per heavy atom. The molecule has 2 atom stereocenters. The maximum absolute atomic E-state index is 13.2. The summed E-state index contributed by atoms with van der Waals surface area (Å²) < 4.78 is 1.70. The van der Waals surface area contributed by atoms with E-state index in [0.717, 1.165) is 13.0 Å². The number of amides is 2. The summed E-state index contributed by atoms with van der Waals surface area (Å²) in [6, 6.07) is 11.7. The first-order chi connectivity index (χ1) is 15.4. The number of rotatable bonds is 2. The number of hydrogen-bond acceptors (Lipinski definition) is 5. The maximum Gasteiger partial charge on any atom is 0.274 e. The third kappa shape index (κ3) is 3.45. The highest BCUT2D eigenvalue weighted by atomic mass is 16.3. The quantitative estimate of drug-likeness (QED) is 0.636. The molecule has 5 rings (SSSR count). The zero-order valence-electron chi connectivity index (χ0n) is 18.3. The maximum atomic E-state index is 13.2. The number of imidazole rings is 1. The molecule has 2 aliphatic heterocycles. The van der Waals surface area contributed by atoms with Crippen LogP contribution in [0.1, 0.15) is 38.4 Å². The Morgan fingerprint density at radius 2 is 1.94 bits per heavy atom. The topological polar surface area (TPSA) is 90.2 Å². The number of likely N-dealkylation sites (tertiary alicyclic amines) is 1. The van der Waals surface area contributed by atoms with Gasteiger partial charge in [-0.15, -0.1) is 0 Å². The number of piperidine rings is 1. The summed E-state index contributed by atoms with van der Waals surface area (Å²) in [7, 11) is 3.40. The molecule has 0 unspecified atom stereocenters. The highest BCUT2D eigenvalue weighted by Crippen LogP contribution is 2.32. The molecule has 32 heavy (non-hydrogen) atoms.